The zero-order valence-corrected chi connectivity index (χ0v) is 12.6. The molecule has 102 valence electrons. The minimum atomic E-state index is 0.492. The van der Waals surface area contributed by atoms with Gasteiger partial charge in [-0.15, -0.1) is 0 Å². The van der Waals surface area contributed by atoms with Gasteiger partial charge in [-0.05, 0) is 39.0 Å². The zero-order chi connectivity index (χ0) is 13.0. The van der Waals surface area contributed by atoms with Gasteiger partial charge >= 0.3 is 0 Å². The lowest BCUT2D eigenvalue weighted by Crippen LogP contribution is -2.35. The standard InChI is InChI=1S/C14H25N3S/c1-4-17-13(9-12(2)16-17)10-15-11-14(18-3)7-5-6-8-14/h9,15H,4-8,10-11H2,1-3H3. The average molecular weight is 267 g/mol. The first-order chi connectivity index (χ1) is 8.69. The molecule has 1 saturated carbocycles. The van der Waals surface area contributed by atoms with Crippen LogP contribution in [0.4, 0.5) is 0 Å². The van der Waals surface area contributed by atoms with E-state index in [9.17, 15) is 0 Å². The van der Waals surface area contributed by atoms with E-state index in [1.165, 1.54) is 31.4 Å². The predicted octanol–water partition coefficient (Wildman–Crippen LogP) is 2.98. The van der Waals surface area contributed by atoms with Crippen LogP contribution >= 0.6 is 11.8 Å². The first-order valence-electron chi connectivity index (χ1n) is 6.98. The monoisotopic (exact) mass is 267 g/mol. The maximum absolute atomic E-state index is 4.49. The third-order valence-corrected chi connectivity index (χ3v) is 5.40. The Labute approximate surface area is 115 Å². The van der Waals surface area contributed by atoms with E-state index in [0.717, 1.165) is 25.3 Å². The summed E-state index contributed by atoms with van der Waals surface area (Å²) in [4.78, 5) is 0. The van der Waals surface area contributed by atoms with Crippen molar-refractivity contribution in [2.24, 2.45) is 0 Å². The Balaban J connectivity index is 1.87. The highest BCUT2D eigenvalue weighted by atomic mass is 32.2. The number of aryl methyl sites for hydroxylation is 2. The van der Waals surface area contributed by atoms with E-state index in [0.29, 0.717) is 4.75 Å². The molecule has 0 spiro atoms. The van der Waals surface area contributed by atoms with E-state index < -0.39 is 0 Å². The SMILES string of the molecule is CCn1nc(C)cc1CNCC1(SC)CCCC1. The number of thioether (sulfide) groups is 1. The minimum Gasteiger partial charge on any atom is -0.310 e. The van der Waals surface area contributed by atoms with Crippen molar-refractivity contribution in [3.05, 3.63) is 17.5 Å². The number of nitrogens with one attached hydrogen (secondary N) is 1. The molecule has 0 amide bonds. The van der Waals surface area contributed by atoms with Gasteiger partial charge in [-0.1, -0.05) is 12.8 Å². The molecular weight excluding hydrogens is 242 g/mol. The predicted molar refractivity (Wildman–Crippen MR) is 79.1 cm³/mol. The third-order valence-electron chi connectivity index (χ3n) is 3.99. The third kappa shape index (κ3) is 3.09. The largest absolute Gasteiger partial charge is 0.310 e. The van der Waals surface area contributed by atoms with Gasteiger partial charge in [0.05, 0.1) is 11.4 Å². The van der Waals surface area contributed by atoms with Crippen molar-refractivity contribution in [2.75, 3.05) is 12.8 Å². The Bertz CT molecular complexity index is 380. The van der Waals surface area contributed by atoms with E-state index in [4.69, 9.17) is 0 Å². The fraction of sp³-hybridized carbons (Fsp3) is 0.786. The molecule has 1 aliphatic rings. The molecule has 0 unspecified atom stereocenters. The number of rotatable bonds is 6. The molecule has 0 saturated heterocycles. The molecule has 18 heavy (non-hydrogen) atoms. The second-order valence-electron chi connectivity index (χ2n) is 5.29. The van der Waals surface area contributed by atoms with Crippen LogP contribution in [0.2, 0.25) is 0 Å². The van der Waals surface area contributed by atoms with Crippen molar-refractivity contribution in [2.45, 2.75) is 57.4 Å². The van der Waals surface area contributed by atoms with E-state index in [2.05, 4.69) is 41.3 Å². The van der Waals surface area contributed by atoms with Crippen molar-refractivity contribution < 1.29 is 0 Å². The second kappa shape index (κ2) is 6.11. The van der Waals surface area contributed by atoms with Gasteiger partial charge in [0.2, 0.25) is 0 Å². The van der Waals surface area contributed by atoms with Crippen molar-refractivity contribution in [1.82, 2.24) is 15.1 Å². The smallest absolute Gasteiger partial charge is 0.0597 e. The first-order valence-corrected chi connectivity index (χ1v) is 8.21. The van der Waals surface area contributed by atoms with Crippen LogP contribution in [0.3, 0.4) is 0 Å². The fourth-order valence-corrected chi connectivity index (χ4v) is 3.85. The van der Waals surface area contributed by atoms with Gasteiger partial charge in [0.25, 0.3) is 0 Å². The summed E-state index contributed by atoms with van der Waals surface area (Å²) >= 11 is 2.05. The molecule has 3 nitrogen and oxygen atoms in total. The summed E-state index contributed by atoms with van der Waals surface area (Å²) in [5.74, 6) is 0. The Kier molecular flexibility index (Phi) is 4.73. The number of nitrogens with zero attached hydrogens (tertiary/aromatic N) is 2. The van der Waals surface area contributed by atoms with Gasteiger partial charge in [-0.2, -0.15) is 16.9 Å². The molecule has 1 fully saturated rings. The van der Waals surface area contributed by atoms with E-state index >= 15 is 0 Å². The van der Waals surface area contributed by atoms with Crippen molar-refractivity contribution in [3.63, 3.8) is 0 Å². The van der Waals surface area contributed by atoms with Gasteiger partial charge in [-0.3, -0.25) is 4.68 Å². The Morgan fingerprint density at radius 3 is 2.78 bits per heavy atom. The summed E-state index contributed by atoms with van der Waals surface area (Å²) < 4.78 is 2.59. The molecule has 0 radical (unpaired) electrons. The topological polar surface area (TPSA) is 29.9 Å². The summed E-state index contributed by atoms with van der Waals surface area (Å²) in [7, 11) is 0. The van der Waals surface area contributed by atoms with Gasteiger partial charge in [0.15, 0.2) is 0 Å². The lowest BCUT2D eigenvalue weighted by atomic mass is 10.1. The molecule has 1 heterocycles. The Morgan fingerprint density at radius 1 is 1.44 bits per heavy atom. The van der Waals surface area contributed by atoms with Crippen LogP contribution in [0.25, 0.3) is 0 Å². The zero-order valence-electron chi connectivity index (χ0n) is 11.8. The molecule has 0 aliphatic heterocycles. The van der Waals surface area contributed by atoms with Crippen molar-refractivity contribution in [1.29, 1.82) is 0 Å². The summed E-state index contributed by atoms with van der Waals surface area (Å²) in [6, 6.07) is 2.19. The van der Waals surface area contributed by atoms with Crippen LogP contribution in [-0.4, -0.2) is 27.3 Å². The minimum absolute atomic E-state index is 0.492. The maximum Gasteiger partial charge on any atom is 0.0597 e. The van der Waals surface area contributed by atoms with Crippen LogP contribution in [0.5, 0.6) is 0 Å². The summed E-state index contributed by atoms with van der Waals surface area (Å²) in [6.07, 6.45) is 7.79. The molecule has 0 bridgehead atoms. The van der Waals surface area contributed by atoms with Gasteiger partial charge < -0.3 is 5.32 Å². The van der Waals surface area contributed by atoms with Crippen LogP contribution in [0, 0.1) is 6.92 Å². The van der Waals surface area contributed by atoms with E-state index in [1.54, 1.807) is 0 Å². The molecule has 1 aliphatic carbocycles. The molecular formula is C14H25N3S. The molecule has 0 aromatic carbocycles. The highest BCUT2D eigenvalue weighted by Gasteiger charge is 2.32. The van der Waals surface area contributed by atoms with Crippen LogP contribution in [0.15, 0.2) is 6.07 Å². The highest BCUT2D eigenvalue weighted by molar-refractivity contribution is 8.00. The number of hydrogen-bond acceptors (Lipinski definition) is 3. The highest BCUT2D eigenvalue weighted by Crippen LogP contribution is 2.39. The number of aromatic nitrogens is 2. The summed E-state index contributed by atoms with van der Waals surface area (Å²) in [5.41, 5.74) is 2.43. The molecule has 1 aromatic heterocycles. The Morgan fingerprint density at radius 2 is 2.17 bits per heavy atom. The van der Waals surface area contributed by atoms with E-state index in [-0.39, 0.29) is 0 Å². The maximum atomic E-state index is 4.49. The molecule has 4 heteroatoms. The molecule has 1 aromatic rings. The summed E-state index contributed by atoms with van der Waals surface area (Å²) in [5, 5.41) is 8.13. The second-order valence-corrected chi connectivity index (χ2v) is 6.56. The normalized spacial score (nSPS) is 18.4. The van der Waals surface area contributed by atoms with Gasteiger partial charge in [-0.25, -0.2) is 0 Å². The fourth-order valence-electron chi connectivity index (χ4n) is 2.91. The van der Waals surface area contributed by atoms with Crippen LogP contribution < -0.4 is 5.32 Å². The van der Waals surface area contributed by atoms with Crippen molar-refractivity contribution >= 4 is 11.8 Å². The first kappa shape index (κ1) is 13.9. The summed E-state index contributed by atoms with van der Waals surface area (Å²) in [6.45, 7) is 7.24. The molecule has 0 atom stereocenters. The van der Waals surface area contributed by atoms with Gasteiger partial charge in [0, 0.05) is 24.4 Å². The number of hydrogen-bond donors (Lipinski definition) is 1. The molecule has 2 rings (SSSR count). The Hall–Kier alpha value is -0.480. The van der Waals surface area contributed by atoms with Crippen LogP contribution in [0.1, 0.15) is 44.0 Å². The van der Waals surface area contributed by atoms with Crippen LogP contribution in [-0.2, 0) is 13.1 Å². The van der Waals surface area contributed by atoms with E-state index in [1.807, 2.05) is 11.8 Å². The van der Waals surface area contributed by atoms with Crippen molar-refractivity contribution in [3.8, 4) is 0 Å². The lowest BCUT2D eigenvalue weighted by Gasteiger charge is -2.27. The molecule has 1 N–H and O–H groups in total. The average Bonchev–Trinajstić information content (AvgIpc) is 2.97. The quantitative estimate of drug-likeness (QED) is 0.859. The lowest BCUT2D eigenvalue weighted by molar-refractivity contribution is 0.513. The van der Waals surface area contributed by atoms with Gasteiger partial charge in [0.1, 0.15) is 0 Å².